The Morgan fingerprint density at radius 2 is 1.95 bits per heavy atom. The SMILES string of the molecule is C=CCNC(=O)COc1c(F)cc(S(N)(=O)=O)cc1F. The molecule has 1 rings (SSSR count). The van der Waals surface area contributed by atoms with Gasteiger partial charge in [-0.2, -0.15) is 0 Å². The van der Waals surface area contributed by atoms with Gasteiger partial charge in [-0.25, -0.2) is 22.3 Å². The van der Waals surface area contributed by atoms with E-state index in [0.29, 0.717) is 12.1 Å². The molecule has 110 valence electrons. The molecule has 6 nitrogen and oxygen atoms in total. The first-order valence-electron chi connectivity index (χ1n) is 5.28. The number of amides is 1. The van der Waals surface area contributed by atoms with Gasteiger partial charge >= 0.3 is 0 Å². The third-order valence-electron chi connectivity index (χ3n) is 2.09. The van der Waals surface area contributed by atoms with Crippen LogP contribution in [-0.4, -0.2) is 27.5 Å². The molecule has 1 aromatic carbocycles. The summed E-state index contributed by atoms with van der Waals surface area (Å²) in [4.78, 5) is 10.5. The van der Waals surface area contributed by atoms with Crippen LogP contribution in [0.5, 0.6) is 5.75 Å². The molecule has 0 heterocycles. The lowest BCUT2D eigenvalue weighted by Crippen LogP contribution is -2.29. The van der Waals surface area contributed by atoms with Crippen LogP contribution in [0.25, 0.3) is 0 Å². The van der Waals surface area contributed by atoms with Gasteiger partial charge < -0.3 is 10.1 Å². The molecule has 0 saturated heterocycles. The van der Waals surface area contributed by atoms with Crippen LogP contribution in [0.15, 0.2) is 29.7 Å². The van der Waals surface area contributed by atoms with Crippen molar-refractivity contribution < 1.29 is 26.7 Å². The molecule has 0 aliphatic heterocycles. The number of nitrogens with one attached hydrogen (secondary N) is 1. The number of carbonyl (C=O) groups excluding carboxylic acids is 1. The average Bonchev–Trinajstić information content (AvgIpc) is 2.34. The van der Waals surface area contributed by atoms with E-state index in [1.165, 1.54) is 6.08 Å². The van der Waals surface area contributed by atoms with Crippen molar-refractivity contribution in [2.75, 3.05) is 13.2 Å². The van der Waals surface area contributed by atoms with Crippen molar-refractivity contribution in [1.29, 1.82) is 0 Å². The van der Waals surface area contributed by atoms with E-state index in [0.717, 1.165) is 0 Å². The Bertz CT molecular complexity index is 608. The minimum absolute atomic E-state index is 0.178. The molecule has 0 bridgehead atoms. The van der Waals surface area contributed by atoms with Gasteiger partial charge in [0.15, 0.2) is 24.0 Å². The van der Waals surface area contributed by atoms with Crippen LogP contribution in [0.4, 0.5) is 8.78 Å². The van der Waals surface area contributed by atoms with Crippen LogP contribution in [0.2, 0.25) is 0 Å². The Kier molecular flexibility index (Phi) is 5.17. The highest BCUT2D eigenvalue weighted by Gasteiger charge is 2.18. The number of hydrogen-bond acceptors (Lipinski definition) is 4. The summed E-state index contributed by atoms with van der Waals surface area (Å²) in [6.45, 7) is 2.92. The van der Waals surface area contributed by atoms with Gasteiger partial charge in [0.05, 0.1) is 4.90 Å². The van der Waals surface area contributed by atoms with Gasteiger partial charge in [0.1, 0.15) is 0 Å². The highest BCUT2D eigenvalue weighted by Crippen LogP contribution is 2.24. The molecule has 0 unspecified atom stereocenters. The first-order valence-corrected chi connectivity index (χ1v) is 6.82. The number of nitrogens with two attached hydrogens (primary N) is 1. The first kappa shape index (κ1) is 16.1. The maximum Gasteiger partial charge on any atom is 0.258 e. The number of carbonyl (C=O) groups is 1. The minimum Gasteiger partial charge on any atom is -0.478 e. The zero-order valence-corrected chi connectivity index (χ0v) is 11.0. The number of benzene rings is 1. The normalized spacial score (nSPS) is 10.9. The van der Waals surface area contributed by atoms with E-state index >= 15 is 0 Å². The molecule has 0 radical (unpaired) electrons. The first-order chi connectivity index (χ1) is 9.25. The van der Waals surface area contributed by atoms with Gasteiger partial charge in [-0.15, -0.1) is 6.58 Å². The summed E-state index contributed by atoms with van der Waals surface area (Å²) in [6.07, 6.45) is 1.42. The number of ether oxygens (including phenoxy) is 1. The van der Waals surface area contributed by atoms with Crippen LogP contribution in [-0.2, 0) is 14.8 Å². The zero-order chi connectivity index (χ0) is 15.3. The summed E-state index contributed by atoms with van der Waals surface area (Å²) in [6, 6.07) is 1.02. The topological polar surface area (TPSA) is 98.5 Å². The van der Waals surface area contributed by atoms with Crippen LogP contribution >= 0.6 is 0 Å². The second kappa shape index (κ2) is 6.44. The smallest absolute Gasteiger partial charge is 0.258 e. The fourth-order valence-corrected chi connectivity index (χ4v) is 1.75. The summed E-state index contributed by atoms with van der Waals surface area (Å²) in [5.41, 5.74) is 0. The monoisotopic (exact) mass is 306 g/mol. The lowest BCUT2D eigenvalue weighted by Gasteiger charge is -2.09. The van der Waals surface area contributed by atoms with Gasteiger partial charge in [-0.05, 0) is 12.1 Å². The number of sulfonamides is 1. The molecule has 3 N–H and O–H groups in total. The summed E-state index contributed by atoms with van der Waals surface area (Å²) >= 11 is 0. The predicted octanol–water partition coefficient (Wildman–Crippen LogP) is 0.293. The summed E-state index contributed by atoms with van der Waals surface area (Å²) in [7, 11) is -4.23. The van der Waals surface area contributed by atoms with E-state index in [4.69, 9.17) is 5.14 Å². The van der Waals surface area contributed by atoms with Crippen molar-refractivity contribution in [3.63, 3.8) is 0 Å². The lowest BCUT2D eigenvalue weighted by molar-refractivity contribution is -0.122. The maximum absolute atomic E-state index is 13.5. The molecule has 0 atom stereocenters. The molecule has 9 heteroatoms. The second-order valence-electron chi connectivity index (χ2n) is 3.64. The fraction of sp³-hybridized carbons (Fsp3) is 0.182. The van der Waals surface area contributed by atoms with Crippen LogP contribution < -0.4 is 15.2 Å². The molecule has 1 aromatic rings. The summed E-state index contributed by atoms with van der Waals surface area (Å²) < 4.78 is 53.6. The van der Waals surface area contributed by atoms with E-state index < -0.39 is 44.8 Å². The molecule has 0 aliphatic rings. The Morgan fingerprint density at radius 1 is 1.40 bits per heavy atom. The van der Waals surface area contributed by atoms with E-state index in [-0.39, 0.29) is 6.54 Å². The van der Waals surface area contributed by atoms with E-state index in [1.807, 2.05) is 0 Å². The zero-order valence-electron chi connectivity index (χ0n) is 10.2. The third kappa shape index (κ3) is 4.28. The molecule has 0 aromatic heterocycles. The molecule has 0 spiro atoms. The molecule has 0 saturated carbocycles. The number of rotatable bonds is 6. The van der Waals surface area contributed by atoms with E-state index in [1.54, 1.807) is 0 Å². The Morgan fingerprint density at radius 3 is 2.40 bits per heavy atom. The number of halogens is 2. The van der Waals surface area contributed by atoms with Crippen molar-refractivity contribution >= 4 is 15.9 Å². The highest BCUT2D eigenvalue weighted by atomic mass is 32.2. The minimum atomic E-state index is -4.23. The molecule has 20 heavy (non-hydrogen) atoms. The molecular formula is C11H12F2N2O4S. The number of hydrogen-bond donors (Lipinski definition) is 2. The fourth-order valence-electron chi connectivity index (χ4n) is 1.21. The predicted molar refractivity (Wildman–Crippen MR) is 66.4 cm³/mol. The molecule has 0 aliphatic carbocycles. The summed E-state index contributed by atoms with van der Waals surface area (Å²) in [5.74, 6) is -4.01. The van der Waals surface area contributed by atoms with Crippen molar-refractivity contribution in [2.45, 2.75) is 4.90 Å². The van der Waals surface area contributed by atoms with Crippen LogP contribution in [0.1, 0.15) is 0 Å². The molecular weight excluding hydrogens is 294 g/mol. The van der Waals surface area contributed by atoms with Crippen LogP contribution in [0, 0.1) is 11.6 Å². The Hall–Kier alpha value is -2.00. The second-order valence-corrected chi connectivity index (χ2v) is 5.20. The third-order valence-corrected chi connectivity index (χ3v) is 2.98. The van der Waals surface area contributed by atoms with Crippen molar-refractivity contribution in [3.8, 4) is 5.75 Å². The summed E-state index contributed by atoms with van der Waals surface area (Å²) in [5, 5.41) is 7.08. The van der Waals surface area contributed by atoms with Gasteiger partial charge in [0, 0.05) is 6.54 Å². The van der Waals surface area contributed by atoms with Crippen molar-refractivity contribution in [1.82, 2.24) is 5.32 Å². The van der Waals surface area contributed by atoms with Crippen LogP contribution in [0.3, 0.4) is 0 Å². The lowest BCUT2D eigenvalue weighted by atomic mass is 10.3. The van der Waals surface area contributed by atoms with Gasteiger partial charge in [-0.1, -0.05) is 6.08 Å². The highest BCUT2D eigenvalue weighted by molar-refractivity contribution is 7.89. The Labute approximate surface area is 114 Å². The Balaban J connectivity index is 2.87. The van der Waals surface area contributed by atoms with E-state index in [9.17, 15) is 22.0 Å². The van der Waals surface area contributed by atoms with Crippen molar-refractivity contribution in [3.05, 3.63) is 36.4 Å². The standard InChI is InChI=1S/C11H12F2N2O4S/c1-2-3-15-10(16)6-19-11-8(12)4-7(5-9(11)13)20(14,17)18/h2,4-5H,1,3,6H2,(H,15,16)(H2,14,17,18). The van der Waals surface area contributed by atoms with E-state index in [2.05, 4.69) is 16.6 Å². The van der Waals surface area contributed by atoms with Gasteiger partial charge in [-0.3, -0.25) is 4.79 Å². The average molecular weight is 306 g/mol. The molecule has 0 fully saturated rings. The maximum atomic E-state index is 13.5. The molecule has 1 amide bonds. The van der Waals surface area contributed by atoms with Gasteiger partial charge in [0.2, 0.25) is 10.0 Å². The number of primary sulfonamides is 1. The van der Waals surface area contributed by atoms with Crippen molar-refractivity contribution in [2.24, 2.45) is 5.14 Å². The largest absolute Gasteiger partial charge is 0.478 e. The quantitative estimate of drug-likeness (QED) is 0.738. The van der Waals surface area contributed by atoms with Gasteiger partial charge in [0.25, 0.3) is 5.91 Å².